The van der Waals surface area contributed by atoms with E-state index in [1.165, 1.54) is 11.3 Å². The average Bonchev–Trinajstić information content (AvgIpc) is 3.03. The number of amides is 1. The molecule has 0 spiro atoms. The number of thiazole rings is 1. The van der Waals surface area contributed by atoms with E-state index in [2.05, 4.69) is 10.3 Å². The van der Waals surface area contributed by atoms with Crippen LogP contribution in [0.5, 0.6) is 17.2 Å². The molecule has 0 atom stereocenters. The number of fused-ring (bicyclic) bond motifs is 2. The Kier molecular flexibility index (Phi) is 4.62. The van der Waals surface area contributed by atoms with Crippen molar-refractivity contribution in [1.82, 2.24) is 4.98 Å². The minimum Gasteiger partial charge on any atom is -0.494 e. The smallest absolute Gasteiger partial charge is 0.230 e. The Labute approximate surface area is 154 Å². The Morgan fingerprint density at radius 2 is 2.04 bits per heavy atom. The summed E-state index contributed by atoms with van der Waals surface area (Å²) in [6, 6.07) is 11.3. The number of anilines is 1. The zero-order valence-electron chi connectivity index (χ0n) is 14.3. The third-order valence-electron chi connectivity index (χ3n) is 3.89. The van der Waals surface area contributed by atoms with E-state index < -0.39 is 0 Å². The quantitative estimate of drug-likeness (QED) is 0.742. The lowest BCUT2D eigenvalue weighted by molar-refractivity contribution is -0.115. The molecule has 6 nitrogen and oxygen atoms in total. The van der Waals surface area contributed by atoms with Crippen LogP contribution in [0.15, 0.2) is 36.4 Å². The Morgan fingerprint density at radius 1 is 1.19 bits per heavy atom. The molecule has 3 aromatic rings. The molecule has 0 saturated heterocycles. The number of carbonyl (C=O) groups excluding carboxylic acids is 1. The van der Waals surface area contributed by atoms with Crippen LogP contribution < -0.4 is 19.5 Å². The van der Waals surface area contributed by atoms with E-state index in [1.54, 1.807) is 0 Å². The van der Waals surface area contributed by atoms with Crippen molar-refractivity contribution in [2.24, 2.45) is 0 Å². The van der Waals surface area contributed by atoms with Crippen LogP contribution >= 0.6 is 11.3 Å². The van der Waals surface area contributed by atoms with E-state index in [-0.39, 0.29) is 12.3 Å². The standard InChI is InChI=1S/C19H18N2O4S/c1-2-23-13-4-5-14-17(11-13)26-19(20-14)21-18(22)10-12-3-6-15-16(9-12)25-8-7-24-15/h3-6,9,11H,2,7-8,10H2,1H3,(H,20,21,22). The summed E-state index contributed by atoms with van der Waals surface area (Å²) in [5.41, 5.74) is 1.71. The van der Waals surface area contributed by atoms with Crippen molar-refractivity contribution in [1.29, 1.82) is 0 Å². The molecule has 134 valence electrons. The van der Waals surface area contributed by atoms with Crippen molar-refractivity contribution in [3.63, 3.8) is 0 Å². The summed E-state index contributed by atoms with van der Waals surface area (Å²) in [6.45, 7) is 3.64. The second-order valence-corrected chi connectivity index (χ2v) is 6.82. The second-order valence-electron chi connectivity index (χ2n) is 5.78. The van der Waals surface area contributed by atoms with Crippen LogP contribution in [0.2, 0.25) is 0 Å². The minimum absolute atomic E-state index is 0.120. The molecule has 1 aliphatic rings. The molecule has 1 aliphatic heterocycles. The first kappa shape index (κ1) is 16.7. The monoisotopic (exact) mass is 370 g/mol. The van der Waals surface area contributed by atoms with E-state index >= 15 is 0 Å². The molecule has 0 radical (unpaired) electrons. The van der Waals surface area contributed by atoms with Crippen LogP contribution in [0.3, 0.4) is 0 Å². The van der Waals surface area contributed by atoms with Crippen molar-refractivity contribution in [2.75, 3.05) is 25.1 Å². The highest BCUT2D eigenvalue weighted by Crippen LogP contribution is 2.32. The van der Waals surface area contributed by atoms with Crippen molar-refractivity contribution >= 4 is 32.6 Å². The first-order valence-electron chi connectivity index (χ1n) is 8.43. The number of hydrogen-bond acceptors (Lipinski definition) is 6. The highest BCUT2D eigenvalue weighted by molar-refractivity contribution is 7.22. The number of nitrogens with one attached hydrogen (secondary N) is 1. The van der Waals surface area contributed by atoms with E-state index in [9.17, 15) is 4.79 Å². The average molecular weight is 370 g/mol. The van der Waals surface area contributed by atoms with Gasteiger partial charge in [0.2, 0.25) is 5.91 Å². The highest BCUT2D eigenvalue weighted by atomic mass is 32.1. The van der Waals surface area contributed by atoms with Gasteiger partial charge in [-0.05, 0) is 42.8 Å². The summed E-state index contributed by atoms with van der Waals surface area (Å²) in [7, 11) is 0. The Balaban J connectivity index is 1.45. The van der Waals surface area contributed by atoms with Crippen LogP contribution in [0.1, 0.15) is 12.5 Å². The summed E-state index contributed by atoms with van der Waals surface area (Å²) in [5.74, 6) is 2.09. The third-order valence-corrected chi connectivity index (χ3v) is 4.82. The van der Waals surface area contributed by atoms with Crippen molar-refractivity contribution in [2.45, 2.75) is 13.3 Å². The first-order valence-corrected chi connectivity index (χ1v) is 9.24. The molecular formula is C19H18N2O4S. The third kappa shape index (κ3) is 3.57. The van der Waals surface area contributed by atoms with Gasteiger partial charge >= 0.3 is 0 Å². The number of carbonyl (C=O) groups is 1. The van der Waals surface area contributed by atoms with Gasteiger partial charge in [0.1, 0.15) is 19.0 Å². The number of nitrogens with zero attached hydrogens (tertiary/aromatic N) is 1. The van der Waals surface area contributed by atoms with Crippen LogP contribution in [0.4, 0.5) is 5.13 Å². The molecule has 0 aliphatic carbocycles. The highest BCUT2D eigenvalue weighted by Gasteiger charge is 2.14. The van der Waals surface area contributed by atoms with E-state index in [0.29, 0.717) is 30.7 Å². The molecule has 1 N–H and O–H groups in total. The number of benzene rings is 2. The van der Waals surface area contributed by atoms with Crippen LogP contribution in [0.25, 0.3) is 10.2 Å². The van der Waals surface area contributed by atoms with Crippen LogP contribution in [-0.4, -0.2) is 30.7 Å². The molecular weight excluding hydrogens is 352 g/mol. The van der Waals surface area contributed by atoms with E-state index in [0.717, 1.165) is 27.3 Å². The fourth-order valence-electron chi connectivity index (χ4n) is 2.76. The molecule has 1 amide bonds. The second kappa shape index (κ2) is 7.21. The van der Waals surface area contributed by atoms with Crippen molar-refractivity contribution in [3.05, 3.63) is 42.0 Å². The summed E-state index contributed by atoms with van der Waals surface area (Å²) < 4.78 is 17.5. The molecule has 1 aromatic heterocycles. The van der Waals surface area contributed by atoms with Gasteiger partial charge < -0.3 is 19.5 Å². The van der Waals surface area contributed by atoms with Crippen molar-refractivity contribution in [3.8, 4) is 17.2 Å². The van der Waals surface area contributed by atoms with Gasteiger partial charge in [-0.1, -0.05) is 17.4 Å². The zero-order valence-corrected chi connectivity index (χ0v) is 15.1. The molecule has 4 rings (SSSR count). The molecule has 0 fully saturated rings. The number of aromatic nitrogens is 1. The van der Waals surface area contributed by atoms with Gasteiger partial charge in [-0.3, -0.25) is 4.79 Å². The molecule has 0 saturated carbocycles. The molecule has 26 heavy (non-hydrogen) atoms. The summed E-state index contributed by atoms with van der Waals surface area (Å²) in [6.07, 6.45) is 0.247. The summed E-state index contributed by atoms with van der Waals surface area (Å²) >= 11 is 1.43. The number of rotatable bonds is 5. The van der Waals surface area contributed by atoms with Gasteiger partial charge in [0.15, 0.2) is 16.6 Å². The molecule has 0 bridgehead atoms. The Hall–Kier alpha value is -2.80. The van der Waals surface area contributed by atoms with Gasteiger partial charge in [0.05, 0.1) is 23.2 Å². The zero-order chi connectivity index (χ0) is 17.9. The largest absolute Gasteiger partial charge is 0.494 e. The molecule has 2 aromatic carbocycles. The van der Waals surface area contributed by atoms with Crippen LogP contribution in [-0.2, 0) is 11.2 Å². The van der Waals surface area contributed by atoms with Gasteiger partial charge in [-0.2, -0.15) is 0 Å². The Morgan fingerprint density at radius 3 is 2.88 bits per heavy atom. The maximum Gasteiger partial charge on any atom is 0.230 e. The lowest BCUT2D eigenvalue weighted by atomic mass is 10.1. The minimum atomic E-state index is -0.120. The SMILES string of the molecule is CCOc1ccc2nc(NC(=O)Cc3ccc4c(c3)OCCO4)sc2c1. The number of hydrogen-bond donors (Lipinski definition) is 1. The molecule has 0 unspecified atom stereocenters. The first-order chi connectivity index (χ1) is 12.7. The van der Waals surface area contributed by atoms with Gasteiger partial charge in [0.25, 0.3) is 0 Å². The Bertz CT molecular complexity index is 954. The number of ether oxygens (including phenoxy) is 3. The van der Waals surface area contributed by atoms with E-state index in [4.69, 9.17) is 14.2 Å². The van der Waals surface area contributed by atoms with Gasteiger partial charge in [-0.25, -0.2) is 4.98 Å². The van der Waals surface area contributed by atoms with Gasteiger partial charge in [-0.15, -0.1) is 0 Å². The fraction of sp³-hybridized carbons (Fsp3) is 0.263. The molecule has 2 heterocycles. The van der Waals surface area contributed by atoms with E-state index in [1.807, 2.05) is 43.3 Å². The normalized spacial score (nSPS) is 12.8. The fourth-order valence-corrected chi connectivity index (χ4v) is 3.67. The summed E-state index contributed by atoms with van der Waals surface area (Å²) in [4.78, 5) is 16.8. The predicted molar refractivity (Wildman–Crippen MR) is 101 cm³/mol. The van der Waals surface area contributed by atoms with Crippen molar-refractivity contribution < 1.29 is 19.0 Å². The predicted octanol–water partition coefficient (Wildman–Crippen LogP) is 3.65. The lowest BCUT2D eigenvalue weighted by Crippen LogP contribution is -2.17. The molecule has 7 heteroatoms. The summed E-state index contributed by atoms with van der Waals surface area (Å²) in [5, 5.41) is 3.45. The maximum atomic E-state index is 12.4. The van der Waals surface area contributed by atoms with Crippen LogP contribution in [0, 0.1) is 0 Å². The topological polar surface area (TPSA) is 69.7 Å². The lowest BCUT2D eigenvalue weighted by Gasteiger charge is -2.18. The maximum absolute atomic E-state index is 12.4. The van der Waals surface area contributed by atoms with Gasteiger partial charge in [0, 0.05) is 0 Å².